The van der Waals surface area contributed by atoms with E-state index in [0.29, 0.717) is 24.6 Å². The van der Waals surface area contributed by atoms with Crippen molar-refractivity contribution >= 4 is 38.8 Å². The Morgan fingerprint density at radius 1 is 1.26 bits per heavy atom. The molecule has 0 aliphatic carbocycles. The van der Waals surface area contributed by atoms with Gasteiger partial charge in [-0.25, -0.2) is 4.98 Å². The fraction of sp³-hybridized carbons (Fsp3) is 0.211. The summed E-state index contributed by atoms with van der Waals surface area (Å²) in [5, 5.41) is 5.45. The van der Waals surface area contributed by atoms with Crippen LogP contribution in [0.1, 0.15) is 17.9 Å². The second-order valence-corrected chi connectivity index (χ2v) is 7.93. The molecule has 3 heterocycles. The van der Waals surface area contributed by atoms with Crippen LogP contribution in [0.2, 0.25) is 0 Å². The molecule has 0 atom stereocenters. The summed E-state index contributed by atoms with van der Waals surface area (Å²) in [6.07, 6.45) is 0.253. The number of rotatable bonds is 6. The number of fused-ring (bicyclic) bond motifs is 1. The molecule has 1 N–H and O–H groups in total. The maximum absolute atomic E-state index is 12.1. The van der Waals surface area contributed by atoms with Crippen LogP contribution in [0.25, 0.3) is 21.0 Å². The van der Waals surface area contributed by atoms with Gasteiger partial charge in [0.05, 0.1) is 16.8 Å². The minimum atomic E-state index is -0.120. The number of hydrogen-bond acceptors (Lipinski definition) is 6. The maximum Gasteiger partial charge on any atom is 0.307 e. The first kappa shape index (κ1) is 17.7. The van der Waals surface area contributed by atoms with Gasteiger partial charge in [0.2, 0.25) is 5.91 Å². The highest BCUT2D eigenvalue weighted by atomic mass is 32.1. The second kappa shape index (κ2) is 7.50. The van der Waals surface area contributed by atoms with Crippen molar-refractivity contribution in [1.82, 2.24) is 14.9 Å². The Balaban J connectivity index is 1.35. The van der Waals surface area contributed by atoms with Gasteiger partial charge in [0, 0.05) is 24.0 Å². The molecule has 0 saturated heterocycles. The number of carbonyl (C=O) groups is 1. The highest BCUT2D eigenvalue weighted by molar-refractivity contribution is 7.21. The van der Waals surface area contributed by atoms with E-state index in [0.717, 1.165) is 32.3 Å². The van der Waals surface area contributed by atoms with E-state index in [9.17, 15) is 9.59 Å². The van der Waals surface area contributed by atoms with Gasteiger partial charge in [-0.2, -0.15) is 0 Å². The predicted octanol–water partition coefficient (Wildman–Crippen LogP) is 3.79. The van der Waals surface area contributed by atoms with Crippen molar-refractivity contribution in [3.8, 4) is 10.8 Å². The van der Waals surface area contributed by atoms with E-state index >= 15 is 0 Å². The van der Waals surface area contributed by atoms with Gasteiger partial charge in [0.15, 0.2) is 10.8 Å². The first-order chi connectivity index (χ1) is 13.1. The van der Waals surface area contributed by atoms with Gasteiger partial charge >= 0.3 is 4.87 Å². The minimum absolute atomic E-state index is 0.0354. The Labute approximate surface area is 163 Å². The van der Waals surface area contributed by atoms with Crippen LogP contribution in [0.15, 0.2) is 51.0 Å². The second-order valence-electron chi connectivity index (χ2n) is 6.07. The summed E-state index contributed by atoms with van der Waals surface area (Å²) in [6.45, 7) is 2.55. The van der Waals surface area contributed by atoms with Crippen LogP contribution >= 0.6 is 22.7 Å². The van der Waals surface area contributed by atoms with Crippen LogP contribution in [-0.2, 0) is 17.9 Å². The summed E-state index contributed by atoms with van der Waals surface area (Å²) in [5.41, 5.74) is 1.83. The standard InChI is InChI=1S/C19H17N3O3S2/c1-12-11-26-19(24)22(12)9-8-17(23)20-10-13-6-7-15(25-13)18-21-14-4-2-3-5-16(14)27-18/h2-7,11H,8-10H2,1H3,(H,20,23). The van der Waals surface area contributed by atoms with E-state index in [1.54, 1.807) is 21.3 Å². The lowest BCUT2D eigenvalue weighted by Gasteiger charge is -2.05. The van der Waals surface area contributed by atoms with Crippen molar-refractivity contribution in [2.24, 2.45) is 0 Å². The van der Waals surface area contributed by atoms with Gasteiger partial charge < -0.3 is 14.3 Å². The average Bonchev–Trinajstić information content (AvgIpc) is 3.37. The van der Waals surface area contributed by atoms with Crippen LogP contribution in [0.4, 0.5) is 0 Å². The fourth-order valence-electron chi connectivity index (χ4n) is 2.73. The zero-order chi connectivity index (χ0) is 18.8. The molecular weight excluding hydrogens is 382 g/mol. The molecule has 8 heteroatoms. The van der Waals surface area contributed by atoms with E-state index in [1.165, 1.54) is 0 Å². The van der Waals surface area contributed by atoms with Crippen molar-refractivity contribution in [1.29, 1.82) is 0 Å². The SMILES string of the molecule is Cc1csc(=O)n1CCC(=O)NCc1ccc(-c2nc3ccccc3s2)o1. The van der Waals surface area contributed by atoms with E-state index in [4.69, 9.17) is 4.42 Å². The number of thiazole rings is 2. The molecular formula is C19H17N3O3S2. The smallest absolute Gasteiger partial charge is 0.307 e. The Kier molecular flexibility index (Phi) is 4.91. The number of nitrogens with zero attached hydrogens (tertiary/aromatic N) is 2. The first-order valence-electron chi connectivity index (χ1n) is 8.46. The van der Waals surface area contributed by atoms with Crippen molar-refractivity contribution in [3.63, 3.8) is 0 Å². The summed E-state index contributed by atoms with van der Waals surface area (Å²) in [4.78, 5) is 28.3. The lowest BCUT2D eigenvalue weighted by Crippen LogP contribution is -2.25. The summed E-state index contributed by atoms with van der Waals surface area (Å²) < 4.78 is 8.54. The van der Waals surface area contributed by atoms with Crippen molar-refractivity contribution in [3.05, 3.63) is 62.9 Å². The van der Waals surface area contributed by atoms with Crippen LogP contribution in [-0.4, -0.2) is 15.5 Å². The van der Waals surface area contributed by atoms with Gasteiger partial charge in [0.1, 0.15) is 5.76 Å². The lowest BCUT2D eigenvalue weighted by atomic mass is 10.3. The Hall–Kier alpha value is -2.71. The van der Waals surface area contributed by atoms with E-state index in [1.807, 2.05) is 43.3 Å². The minimum Gasteiger partial charge on any atom is -0.457 e. The molecule has 0 bridgehead atoms. The topological polar surface area (TPSA) is 77.1 Å². The quantitative estimate of drug-likeness (QED) is 0.535. The Morgan fingerprint density at radius 2 is 2.11 bits per heavy atom. The maximum atomic E-state index is 12.1. The Bertz CT molecular complexity index is 1120. The molecule has 1 amide bonds. The normalized spacial score (nSPS) is 11.1. The van der Waals surface area contributed by atoms with Gasteiger partial charge in [0.25, 0.3) is 0 Å². The molecule has 3 aromatic heterocycles. The van der Waals surface area contributed by atoms with E-state index in [2.05, 4.69) is 10.3 Å². The molecule has 4 rings (SSSR count). The summed E-state index contributed by atoms with van der Waals surface area (Å²) >= 11 is 2.72. The lowest BCUT2D eigenvalue weighted by molar-refractivity contribution is -0.121. The van der Waals surface area contributed by atoms with Crippen LogP contribution in [0.5, 0.6) is 0 Å². The zero-order valence-corrected chi connectivity index (χ0v) is 16.2. The van der Waals surface area contributed by atoms with Crippen LogP contribution in [0.3, 0.4) is 0 Å². The highest BCUT2D eigenvalue weighted by Crippen LogP contribution is 2.31. The summed E-state index contributed by atoms with van der Waals surface area (Å²) in [6, 6.07) is 11.7. The molecule has 0 spiro atoms. The number of para-hydroxylation sites is 1. The molecule has 4 aromatic rings. The number of benzene rings is 1. The number of hydrogen-bond donors (Lipinski definition) is 1. The average molecular weight is 399 g/mol. The summed E-state index contributed by atoms with van der Waals surface area (Å²) in [7, 11) is 0. The number of carbonyl (C=O) groups excluding carboxylic acids is 1. The predicted molar refractivity (Wildman–Crippen MR) is 107 cm³/mol. The largest absolute Gasteiger partial charge is 0.457 e. The van der Waals surface area contributed by atoms with Crippen molar-refractivity contribution in [2.45, 2.75) is 26.4 Å². The molecule has 0 saturated carbocycles. The molecule has 27 heavy (non-hydrogen) atoms. The van der Waals surface area contributed by atoms with E-state index in [-0.39, 0.29) is 17.2 Å². The number of aryl methyl sites for hydroxylation is 1. The molecule has 0 radical (unpaired) electrons. The molecule has 6 nitrogen and oxygen atoms in total. The number of nitrogens with one attached hydrogen (secondary N) is 1. The van der Waals surface area contributed by atoms with Crippen LogP contribution in [0, 0.1) is 6.92 Å². The molecule has 0 aliphatic heterocycles. The Morgan fingerprint density at radius 3 is 2.89 bits per heavy atom. The fourth-order valence-corrected chi connectivity index (χ4v) is 4.42. The van der Waals surface area contributed by atoms with Crippen LogP contribution < -0.4 is 10.2 Å². The van der Waals surface area contributed by atoms with Gasteiger partial charge in [-0.1, -0.05) is 23.5 Å². The third-order valence-corrected chi connectivity index (χ3v) is 6.10. The zero-order valence-electron chi connectivity index (χ0n) is 14.6. The molecule has 0 aliphatic rings. The number of amides is 1. The van der Waals surface area contributed by atoms with Crippen molar-refractivity contribution in [2.75, 3.05) is 0 Å². The summed E-state index contributed by atoms with van der Waals surface area (Å²) in [5.74, 6) is 1.24. The molecule has 138 valence electrons. The highest BCUT2D eigenvalue weighted by Gasteiger charge is 2.11. The third kappa shape index (κ3) is 3.86. The van der Waals surface area contributed by atoms with Gasteiger partial charge in [-0.3, -0.25) is 9.59 Å². The molecule has 0 unspecified atom stereocenters. The van der Waals surface area contributed by atoms with Gasteiger partial charge in [-0.15, -0.1) is 11.3 Å². The third-order valence-electron chi connectivity index (χ3n) is 4.17. The van der Waals surface area contributed by atoms with E-state index < -0.39 is 0 Å². The number of furan rings is 1. The van der Waals surface area contributed by atoms with Gasteiger partial charge in [-0.05, 0) is 31.2 Å². The first-order valence-corrected chi connectivity index (χ1v) is 10.2. The molecule has 1 aromatic carbocycles. The number of aromatic nitrogens is 2. The van der Waals surface area contributed by atoms with Crippen molar-refractivity contribution < 1.29 is 9.21 Å². The molecule has 0 fully saturated rings. The monoisotopic (exact) mass is 399 g/mol.